The number of nitrogen functional groups attached to an aromatic ring is 1. The quantitative estimate of drug-likeness (QED) is 0.613. The lowest BCUT2D eigenvalue weighted by molar-refractivity contribution is -0.119. The van der Waals surface area contributed by atoms with Crippen molar-refractivity contribution in [3.63, 3.8) is 0 Å². The Balaban J connectivity index is 1.98. The number of rotatable bonds is 6. The zero-order valence-electron chi connectivity index (χ0n) is 13.7. The van der Waals surface area contributed by atoms with Gasteiger partial charge in [-0.3, -0.25) is 4.79 Å². The first kappa shape index (κ1) is 18.1. The number of anilines is 2. The molecule has 0 atom stereocenters. The number of nitrogens with two attached hydrogens (primary N) is 1. The van der Waals surface area contributed by atoms with Crippen molar-refractivity contribution in [1.82, 2.24) is 0 Å². The average Bonchev–Trinajstić information content (AvgIpc) is 2.60. The Morgan fingerprint density at radius 3 is 2.52 bits per heavy atom. The van der Waals surface area contributed by atoms with Gasteiger partial charge in [-0.1, -0.05) is 0 Å². The van der Waals surface area contributed by atoms with Crippen LogP contribution in [-0.4, -0.2) is 32.7 Å². The lowest BCUT2D eigenvalue weighted by Gasteiger charge is -2.12. The van der Waals surface area contributed by atoms with Gasteiger partial charge in [-0.25, -0.2) is 9.18 Å². The van der Waals surface area contributed by atoms with Crippen molar-refractivity contribution in [2.24, 2.45) is 0 Å². The van der Waals surface area contributed by atoms with E-state index in [0.717, 1.165) is 12.1 Å². The number of hydrogen-bond acceptors (Lipinski definition) is 6. The van der Waals surface area contributed by atoms with Gasteiger partial charge in [-0.05, 0) is 30.3 Å². The van der Waals surface area contributed by atoms with Crippen LogP contribution in [0.1, 0.15) is 10.4 Å². The summed E-state index contributed by atoms with van der Waals surface area (Å²) < 4.78 is 28.1. The molecule has 25 heavy (non-hydrogen) atoms. The van der Waals surface area contributed by atoms with E-state index in [2.05, 4.69) is 5.32 Å². The summed E-state index contributed by atoms with van der Waals surface area (Å²) in [5, 5.41) is 2.56. The summed E-state index contributed by atoms with van der Waals surface area (Å²) in [6, 6.07) is 8.10. The second kappa shape index (κ2) is 8.00. The Labute approximate surface area is 143 Å². The van der Waals surface area contributed by atoms with E-state index in [1.54, 1.807) is 18.2 Å². The molecule has 0 heterocycles. The Bertz CT molecular complexity index is 795. The molecule has 0 radical (unpaired) electrons. The lowest BCUT2D eigenvalue weighted by atomic mass is 10.2. The molecule has 0 spiro atoms. The van der Waals surface area contributed by atoms with Crippen molar-refractivity contribution >= 4 is 23.3 Å². The van der Waals surface area contributed by atoms with Gasteiger partial charge in [0, 0.05) is 11.8 Å². The Hall–Kier alpha value is -3.29. The number of carbonyl (C=O) groups excluding carboxylic acids is 2. The third kappa shape index (κ3) is 4.60. The minimum absolute atomic E-state index is 0.0174. The minimum atomic E-state index is -0.825. The van der Waals surface area contributed by atoms with Crippen molar-refractivity contribution < 1.29 is 28.2 Å². The number of methoxy groups -OCH3 is 2. The molecule has 0 aromatic heterocycles. The highest BCUT2D eigenvalue weighted by Crippen LogP contribution is 2.28. The fourth-order valence-electron chi connectivity index (χ4n) is 2.02. The molecule has 1 amide bonds. The molecule has 0 aliphatic carbocycles. The van der Waals surface area contributed by atoms with E-state index < -0.39 is 24.3 Å². The van der Waals surface area contributed by atoms with Crippen LogP contribution in [0.4, 0.5) is 15.8 Å². The number of esters is 1. The van der Waals surface area contributed by atoms with Crippen LogP contribution in [0.2, 0.25) is 0 Å². The number of amides is 1. The van der Waals surface area contributed by atoms with Crippen molar-refractivity contribution in [3.8, 4) is 11.5 Å². The highest BCUT2D eigenvalue weighted by molar-refractivity contribution is 5.98. The fourth-order valence-corrected chi connectivity index (χ4v) is 2.02. The fraction of sp³-hybridized carbons (Fsp3) is 0.176. The van der Waals surface area contributed by atoms with Crippen LogP contribution in [0.15, 0.2) is 36.4 Å². The third-order valence-electron chi connectivity index (χ3n) is 3.25. The van der Waals surface area contributed by atoms with Gasteiger partial charge in [0.1, 0.15) is 17.3 Å². The number of hydrogen-bond donors (Lipinski definition) is 2. The molecule has 132 valence electrons. The Morgan fingerprint density at radius 1 is 1.12 bits per heavy atom. The van der Waals surface area contributed by atoms with Crippen LogP contribution in [0.5, 0.6) is 11.5 Å². The molecule has 7 nitrogen and oxygen atoms in total. The van der Waals surface area contributed by atoms with Crippen molar-refractivity contribution in [1.29, 1.82) is 0 Å². The molecule has 0 aliphatic heterocycles. The maximum absolute atomic E-state index is 13.0. The van der Waals surface area contributed by atoms with E-state index in [9.17, 15) is 14.0 Å². The van der Waals surface area contributed by atoms with Gasteiger partial charge in [-0.15, -0.1) is 0 Å². The zero-order chi connectivity index (χ0) is 18.4. The molecule has 0 fully saturated rings. The molecule has 0 saturated carbocycles. The monoisotopic (exact) mass is 348 g/mol. The normalized spacial score (nSPS) is 10.0. The molecule has 2 rings (SSSR count). The van der Waals surface area contributed by atoms with Crippen molar-refractivity contribution in [2.45, 2.75) is 0 Å². The molecular formula is C17H17FN2O5. The van der Waals surface area contributed by atoms with Gasteiger partial charge < -0.3 is 25.3 Å². The molecule has 8 heteroatoms. The summed E-state index contributed by atoms with van der Waals surface area (Å²) in [6.45, 7) is -0.537. The number of benzene rings is 2. The highest BCUT2D eigenvalue weighted by atomic mass is 19.1. The topological polar surface area (TPSA) is 99.9 Å². The largest absolute Gasteiger partial charge is 0.497 e. The molecular weight excluding hydrogens is 331 g/mol. The predicted molar refractivity (Wildman–Crippen MR) is 89.3 cm³/mol. The van der Waals surface area contributed by atoms with Crippen LogP contribution >= 0.6 is 0 Å². The summed E-state index contributed by atoms with van der Waals surface area (Å²) in [5.74, 6) is -1.01. The van der Waals surface area contributed by atoms with Crippen LogP contribution in [0, 0.1) is 5.82 Å². The van der Waals surface area contributed by atoms with E-state index in [1.807, 2.05) is 0 Å². The number of ether oxygens (including phenoxy) is 3. The third-order valence-corrected chi connectivity index (χ3v) is 3.25. The van der Waals surface area contributed by atoms with Gasteiger partial charge in [0.05, 0.1) is 25.5 Å². The molecule has 0 unspecified atom stereocenters. The SMILES string of the molecule is COc1ccc(NC(=O)COC(=O)c2ccc(F)cc2N)c(OC)c1. The zero-order valence-corrected chi connectivity index (χ0v) is 13.7. The smallest absolute Gasteiger partial charge is 0.340 e. The van der Waals surface area contributed by atoms with Crippen LogP contribution in [0.25, 0.3) is 0 Å². The number of nitrogens with one attached hydrogen (secondary N) is 1. The van der Waals surface area contributed by atoms with Gasteiger partial charge in [-0.2, -0.15) is 0 Å². The van der Waals surface area contributed by atoms with Crippen LogP contribution < -0.4 is 20.5 Å². The van der Waals surface area contributed by atoms with E-state index in [-0.39, 0.29) is 11.3 Å². The summed E-state index contributed by atoms with van der Waals surface area (Å²) in [7, 11) is 2.95. The van der Waals surface area contributed by atoms with Gasteiger partial charge in [0.25, 0.3) is 5.91 Å². The first-order valence-corrected chi connectivity index (χ1v) is 7.18. The molecule has 0 bridgehead atoms. The second-order valence-electron chi connectivity index (χ2n) is 4.92. The summed E-state index contributed by atoms with van der Waals surface area (Å²) in [4.78, 5) is 23.8. The first-order valence-electron chi connectivity index (χ1n) is 7.18. The van der Waals surface area contributed by atoms with E-state index in [0.29, 0.717) is 17.2 Å². The van der Waals surface area contributed by atoms with Crippen LogP contribution in [-0.2, 0) is 9.53 Å². The van der Waals surface area contributed by atoms with Gasteiger partial charge >= 0.3 is 5.97 Å². The Morgan fingerprint density at radius 2 is 1.88 bits per heavy atom. The number of halogens is 1. The van der Waals surface area contributed by atoms with E-state index in [1.165, 1.54) is 20.3 Å². The average molecular weight is 348 g/mol. The summed E-state index contributed by atoms with van der Waals surface area (Å²) >= 11 is 0. The minimum Gasteiger partial charge on any atom is -0.497 e. The number of carbonyl (C=O) groups is 2. The van der Waals surface area contributed by atoms with Gasteiger partial charge in [0.15, 0.2) is 6.61 Å². The Kier molecular flexibility index (Phi) is 5.78. The van der Waals surface area contributed by atoms with Crippen molar-refractivity contribution in [2.75, 3.05) is 31.9 Å². The molecule has 2 aromatic carbocycles. The molecule has 3 N–H and O–H groups in total. The first-order chi connectivity index (χ1) is 11.9. The van der Waals surface area contributed by atoms with E-state index in [4.69, 9.17) is 19.9 Å². The van der Waals surface area contributed by atoms with Crippen LogP contribution in [0.3, 0.4) is 0 Å². The lowest BCUT2D eigenvalue weighted by Crippen LogP contribution is -2.21. The second-order valence-corrected chi connectivity index (χ2v) is 4.92. The van der Waals surface area contributed by atoms with Gasteiger partial charge in [0.2, 0.25) is 0 Å². The van der Waals surface area contributed by atoms with Crippen molar-refractivity contribution in [3.05, 3.63) is 47.8 Å². The molecule has 0 saturated heterocycles. The maximum Gasteiger partial charge on any atom is 0.340 e. The predicted octanol–water partition coefficient (Wildman–Crippen LogP) is 2.22. The summed E-state index contributed by atoms with van der Waals surface area (Å²) in [5.41, 5.74) is 5.86. The maximum atomic E-state index is 13.0. The van der Waals surface area contributed by atoms with E-state index >= 15 is 0 Å². The molecule has 2 aromatic rings. The standard InChI is InChI=1S/C17H17FN2O5/c1-23-11-4-6-14(15(8-11)24-2)20-16(21)9-25-17(22)12-5-3-10(18)7-13(12)19/h3-8H,9,19H2,1-2H3,(H,20,21). The summed E-state index contributed by atoms with van der Waals surface area (Å²) in [6.07, 6.45) is 0. The highest BCUT2D eigenvalue weighted by Gasteiger charge is 2.15. The molecule has 0 aliphatic rings.